The molecule has 26 heavy (non-hydrogen) atoms. The Morgan fingerprint density at radius 3 is 2.69 bits per heavy atom. The van der Waals surface area contributed by atoms with E-state index >= 15 is 0 Å². The maximum Gasteiger partial charge on any atom is 0.191 e. The summed E-state index contributed by atoms with van der Waals surface area (Å²) in [6.07, 6.45) is 0. The maximum atomic E-state index is 5.51. The summed E-state index contributed by atoms with van der Waals surface area (Å²) in [6.45, 7) is 12.0. The first-order valence-corrected chi connectivity index (χ1v) is 9.86. The van der Waals surface area contributed by atoms with Gasteiger partial charge in [-0.05, 0) is 32.2 Å². The Morgan fingerprint density at radius 1 is 1.38 bits per heavy atom. The molecule has 0 aromatic carbocycles. The van der Waals surface area contributed by atoms with Crippen LogP contribution in [0.5, 0.6) is 0 Å². The summed E-state index contributed by atoms with van der Waals surface area (Å²) in [6, 6.07) is 4.67. The van der Waals surface area contributed by atoms with E-state index in [1.54, 1.807) is 7.11 Å². The second-order valence-corrected chi connectivity index (χ2v) is 7.70. The quantitative estimate of drug-likeness (QED) is 0.330. The van der Waals surface area contributed by atoms with Crippen molar-refractivity contribution in [2.75, 3.05) is 53.0 Å². The number of methoxy groups -OCH3 is 1. The average molecular weight is 496 g/mol. The molecule has 2 N–H and O–H groups in total. The van der Waals surface area contributed by atoms with Crippen molar-refractivity contribution in [3.63, 3.8) is 0 Å². The molecule has 1 aromatic heterocycles. The van der Waals surface area contributed by atoms with E-state index in [9.17, 15) is 0 Å². The number of hydrogen-bond acceptors (Lipinski definition) is 5. The van der Waals surface area contributed by atoms with Gasteiger partial charge in [0.25, 0.3) is 0 Å². The maximum absolute atomic E-state index is 5.51. The highest BCUT2D eigenvalue weighted by molar-refractivity contribution is 14.0. The lowest BCUT2D eigenvalue weighted by atomic mass is 10.1. The van der Waals surface area contributed by atoms with Crippen LogP contribution in [-0.4, -0.2) is 69.5 Å². The third-order valence-corrected chi connectivity index (χ3v) is 5.31. The van der Waals surface area contributed by atoms with Crippen molar-refractivity contribution < 1.29 is 9.47 Å². The van der Waals surface area contributed by atoms with Gasteiger partial charge in [0.1, 0.15) is 0 Å². The summed E-state index contributed by atoms with van der Waals surface area (Å²) in [5, 5.41) is 8.98. The Hall–Kier alpha value is -0.420. The van der Waals surface area contributed by atoms with Crippen LogP contribution in [0.25, 0.3) is 0 Å². The molecule has 1 fully saturated rings. The Balaban J connectivity index is 0.00000338. The minimum absolute atomic E-state index is 0. The molecule has 1 atom stereocenters. The first-order chi connectivity index (χ1) is 12.1. The molecule has 0 aliphatic carbocycles. The third kappa shape index (κ3) is 7.67. The van der Waals surface area contributed by atoms with Crippen LogP contribution in [0.15, 0.2) is 22.5 Å². The van der Waals surface area contributed by atoms with Crippen LogP contribution in [0.2, 0.25) is 0 Å². The average Bonchev–Trinajstić information content (AvgIpc) is 3.15. The molecule has 0 saturated carbocycles. The van der Waals surface area contributed by atoms with Gasteiger partial charge in [0.05, 0.1) is 31.4 Å². The van der Waals surface area contributed by atoms with Crippen LogP contribution >= 0.6 is 35.3 Å². The van der Waals surface area contributed by atoms with Gasteiger partial charge >= 0.3 is 0 Å². The molecule has 0 amide bonds. The van der Waals surface area contributed by atoms with Gasteiger partial charge in [-0.1, -0.05) is 6.07 Å². The van der Waals surface area contributed by atoms with Crippen LogP contribution in [0.3, 0.4) is 0 Å². The van der Waals surface area contributed by atoms with Gasteiger partial charge in [-0.3, -0.25) is 9.89 Å². The zero-order valence-corrected chi connectivity index (χ0v) is 19.4. The molecule has 1 aliphatic heterocycles. The standard InChI is InChI=1S/C18H32N4O2S.HI/c1-5-19-17(21-14-18(2,3)23-4)20-13-15(16-7-6-12-25-16)22-8-10-24-11-9-22;/h6-7,12,15H,5,8-11,13-14H2,1-4H3,(H2,19,20,21);1H. The van der Waals surface area contributed by atoms with Gasteiger partial charge < -0.3 is 20.1 Å². The molecule has 1 aliphatic rings. The zero-order valence-electron chi connectivity index (χ0n) is 16.3. The highest BCUT2D eigenvalue weighted by atomic mass is 127. The van der Waals surface area contributed by atoms with Gasteiger partial charge in [0.2, 0.25) is 0 Å². The Labute approximate surface area is 178 Å². The topological polar surface area (TPSA) is 58.1 Å². The van der Waals surface area contributed by atoms with Crippen LogP contribution < -0.4 is 10.6 Å². The fourth-order valence-corrected chi connectivity index (χ4v) is 3.51. The Bertz CT molecular complexity index is 519. The molecule has 6 nitrogen and oxygen atoms in total. The van der Waals surface area contributed by atoms with Crippen molar-refractivity contribution in [3.05, 3.63) is 22.4 Å². The number of hydrogen-bond donors (Lipinski definition) is 2. The number of guanidine groups is 1. The van der Waals surface area contributed by atoms with E-state index in [0.717, 1.165) is 45.4 Å². The van der Waals surface area contributed by atoms with Crippen molar-refractivity contribution in [1.82, 2.24) is 15.5 Å². The van der Waals surface area contributed by atoms with Crippen molar-refractivity contribution in [3.8, 4) is 0 Å². The summed E-state index contributed by atoms with van der Waals surface area (Å²) in [4.78, 5) is 8.55. The van der Waals surface area contributed by atoms with Crippen LogP contribution in [0.1, 0.15) is 31.7 Å². The minimum Gasteiger partial charge on any atom is -0.379 e. The Kier molecular flexibility index (Phi) is 11.0. The van der Waals surface area contributed by atoms with Crippen LogP contribution in [0, 0.1) is 0 Å². The first-order valence-electron chi connectivity index (χ1n) is 8.98. The molecular weight excluding hydrogens is 463 g/mol. The Morgan fingerprint density at radius 2 is 2.12 bits per heavy atom. The lowest BCUT2D eigenvalue weighted by Gasteiger charge is -2.34. The van der Waals surface area contributed by atoms with E-state index in [1.165, 1.54) is 4.88 Å². The summed E-state index contributed by atoms with van der Waals surface area (Å²) in [7, 11) is 1.72. The number of aliphatic imine (C=N–C) groups is 1. The van der Waals surface area contributed by atoms with Crippen LogP contribution in [-0.2, 0) is 9.47 Å². The predicted octanol–water partition coefficient (Wildman–Crippen LogP) is 2.72. The van der Waals surface area contributed by atoms with Gasteiger partial charge in [-0.2, -0.15) is 0 Å². The van der Waals surface area contributed by atoms with E-state index in [2.05, 4.69) is 45.0 Å². The molecule has 1 saturated heterocycles. The number of halogens is 1. The monoisotopic (exact) mass is 496 g/mol. The fraction of sp³-hybridized carbons (Fsp3) is 0.722. The lowest BCUT2D eigenvalue weighted by molar-refractivity contribution is 0.0176. The molecule has 0 bridgehead atoms. The SMILES string of the molecule is CCNC(=NCC(C)(C)OC)NCC(c1cccs1)N1CCOCC1.I. The van der Waals surface area contributed by atoms with Crippen molar-refractivity contribution >= 4 is 41.3 Å². The number of nitrogens with one attached hydrogen (secondary N) is 2. The molecule has 150 valence electrons. The normalized spacial score (nSPS) is 17.5. The second kappa shape index (κ2) is 12.1. The van der Waals surface area contributed by atoms with Crippen molar-refractivity contribution in [2.24, 2.45) is 4.99 Å². The molecule has 1 unspecified atom stereocenters. The largest absolute Gasteiger partial charge is 0.379 e. The van der Waals surface area contributed by atoms with Gasteiger partial charge in [0.15, 0.2) is 5.96 Å². The molecule has 2 heterocycles. The molecular formula is C18H33IN4O2S. The molecule has 2 rings (SSSR count). The fourth-order valence-electron chi connectivity index (χ4n) is 2.65. The molecule has 0 spiro atoms. The number of nitrogens with zero attached hydrogens (tertiary/aromatic N) is 2. The van der Waals surface area contributed by atoms with Crippen molar-refractivity contribution in [1.29, 1.82) is 0 Å². The zero-order chi connectivity index (χ0) is 18.1. The number of thiophene rings is 1. The number of morpholine rings is 1. The van der Waals surface area contributed by atoms with Crippen molar-refractivity contribution in [2.45, 2.75) is 32.4 Å². The number of ether oxygens (including phenoxy) is 2. The van der Waals surface area contributed by atoms with Gasteiger partial charge in [-0.15, -0.1) is 35.3 Å². The highest BCUT2D eigenvalue weighted by Crippen LogP contribution is 2.25. The summed E-state index contributed by atoms with van der Waals surface area (Å²) in [5.74, 6) is 0.836. The molecule has 1 aromatic rings. The minimum atomic E-state index is -0.264. The highest BCUT2D eigenvalue weighted by Gasteiger charge is 2.24. The smallest absolute Gasteiger partial charge is 0.191 e. The van der Waals surface area contributed by atoms with E-state index in [-0.39, 0.29) is 29.6 Å². The summed E-state index contributed by atoms with van der Waals surface area (Å²) >= 11 is 1.81. The van der Waals surface area contributed by atoms with E-state index in [0.29, 0.717) is 12.6 Å². The van der Waals surface area contributed by atoms with Gasteiger partial charge in [-0.25, -0.2) is 0 Å². The third-order valence-electron chi connectivity index (χ3n) is 4.34. The molecule has 0 radical (unpaired) electrons. The predicted molar refractivity (Wildman–Crippen MR) is 120 cm³/mol. The van der Waals surface area contributed by atoms with E-state index in [1.807, 2.05) is 25.2 Å². The molecule has 8 heteroatoms. The lowest BCUT2D eigenvalue weighted by Crippen LogP contribution is -2.46. The summed E-state index contributed by atoms with van der Waals surface area (Å²) in [5.41, 5.74) is -0.264. The van der Waals surface area contributed by atoms with Crippen LogP contribution in [0.4, 0.5) is 0 Å². The first kappa shape index (κ1) is 23.6. The van der Waals surface area contributed by atoms with Gasteiger partial charge in [0, 0.05) is 38.2 Å². The van der Waals surface area contributed by atoms with E-state index in [4.69, 9.17) is 9.47 Å². The second-order valence-electron chi connectivity index (χ2n) is 6.72. The summed E-state index contributed by atoms with van der Waals surface area (Å²) < 4.78 is 11.0. The number of rotatable bonds is 8. The van der Waals surface area contributed by atoms with E-state index < -0.39 is 0 Å².